The van der Waals surface area contributed by atoms with Gasteiger partial charge < -0.3 is 5.73 Å². The third-order valence-corrected chi connectivity index (χ3v) is 7.98. The van der Waals surface area contributed by atoms with E-state index in [-0.39, 0.29) is 11.8 Å². The highest BCUT2D eigenvalue weighted by atomic mass is 16.1. The van der Waals surface area contributed by atoms with Gasteiger partial charge in [0.1, 0.15) is 0 Å². The molecule has 4 rings (SSSR count). The number of nitrogens with two attached hydrogens (primary N) is 1. The molecule has 2 nitrogen and oxygen atoms in total. The van der Waals surface area contributed by atoms with E-state index in [9.17, 15) is 4.79 Å². The number of rotatable bonds is 1. The predicted octanol–water partition coefficient (Wildman–Crippen LogP) is 3.99. The van der Waals surface area contributed by atoms with Crippen LogP contribution in [0, 0.1) is 47.3 Å². The molecule has 4 aliphatic carbocycles. The lowest BCUT2D eigenvalue weighted by molar-refractivity contribution is -0.124. The molecule has 0 bridgehead atoms. The Morgan fingerprint density at radius 1 is 0.810 bits per heavy atom. The Morgan fingerprint density at radius 3 is 2.29 bits per heavy atom. The third kappa shape index (κ3) is 2.16. The summed E-state index contributed by atoms with van der Waals surface area (Å²) < 4.78 is 0. The number of hydrogen-bond donors (Lipinski definition) is 1. The number of carbonyl (C=O) groups is 1. The van der Waals surface area contributed by atoms with Crippen LogP contribution in [0.3, 0.4) is 0 Å². The first-order chi connectivity index (χ1) is 10.2. The van der Waals surface area contributed by atoms with Gasteiger partial charge in [-0.15, -0.1) is 0 Å². The van der Waals surface area contributed by atoms with E-state index < -0.39 is 0 Å². The first-order valence-electron chi connectivity index (χ1n) is 9.46. The van der Waals surface area contributed by atoms with Gasteiger partial charge in [-0.3, -0.25) is 4.79 Å². The van der Waals surface area contributed by atoms with Gasteiger partial charge in [0.2, 0.25) is 5.91 Å². The van der Waals surface area contributed by atoms with Gasteiger partial charge in [0.05, 0.1) is 0 Å². The molecule has 4 fully saturated rings. The molecule has 0 aromatic heterocycles. The number of fused-ring (bicyclic) bond motifs is 5. The van der Waals surface area contributed by atoms with Gasteiger partial charge in [-0.1, -0.05) is 26.2 Å². The summed E-state index contributed by atoms with van der Waals surface area (Å²) in [5.74, 6) is 6.54. The summed E-state index contributed by atoms with van der Waals surface area (Å²) in [6, 6.07) is 0. The second-order valence-corrected chi connectivity index (χ2v) is 8.64. The van der Waals surface area contributed by atoms with E-state index in [0.29, 0.717) is 5.92 Å². The average molecular weight is 289 g/mol. The Balaban J connectivity index is 1.56. The van der Waals surface area contributed by atoms with Crippen LogP contribution in [-0.4, -0.2) is 5.91 Å². The largest absolute Gasteiger partial charge is 0.369 e. The van der Waals surface area contributed by atoms with Crippen molar-refractivity contribution >= 4 is 5.91 Å². The minimum Gasteiger partial charge on any atom is -0.369 e. The minimum absolute atomic E-state index is 0.0133. The van der Waals surface area contributed by atoms with E-state index in [1.165, 1.54) is 51.4 Å². The topological polar surface area (TPSA) is 43.1 Å². The molecule has 118 valence electrons. The monoisotopic (exact) mass is 289 g/mol. The Morgan fingerprint density at radius 2 is 1.48 bits per heavy atom. The second kappa shape index (κ2) is 5.28. The highest BCUT2D eigenvalue weighted by Crippen LogP contribution is 2.59. The Hall–Kier alpha value is -0.530. The summed E-state index contributed by atoms with van der Waals surface area (Å²) >= 11 is 0. The summed E-state index contributed by atoms with van der Waals surface area (Å²) in [6.45, 7) is 2.52. The molecule has 2 N–H and O–H groups in total. The van der Waals surface area contributed by atoms with Crippen LogP contribution >= 0.6 is 0 Å². The van der Waals surface area contributed by atoms with Crippen LogP contribution in [0.5, 0.6) is 0 Å². The van der Waals surface area contributed by atoms with Gasteiger partial charge in [0, 0.05) is 5.92 Å². The molecule has 8 unspecified atom stereocenters. The van der Waals surface area contributed by atoms with Crippen LogP contribution in [0.15, 0.2) is 0 Å². The van der Waals surface area contributed by atoms with Gasteiger partial charge in [-0.2, -0.15) is 0 Å². The van der Waals surface area contributed by atoms with Crippen molar-refractivity contribution in [3.05, 3.63) is 0 Å². The van der Waals surface area contributed by atoms with E-state index in [1.807, 2.05) is 0 Å². The molecule has 0 aliphatic heterocycles. The fraction of sp³-hybridized carbons (Fsp3) is 0.947. The highest BCUT2D eigenvalue weighted by molar-refractivity contribution is 5.77. The van der Waals surface area contributed by atoms with E-state index in [0.717, 1.165) is 41.9 Å². The fourth-order valence-corrected chi connectivity index (χ4v) is 7.29. The summed E-state index contributed by atoms with van der Waals surface area (Å²) in [4.78, 5) is 11.7. The number of primary amides is 1. The normalized spacial score (nSPS) is 52.6. The standard InChI is InChI=1S/C19H31NO/c1-11-3-2-4-12-5-6-14-13-8-10-17(19(20)21)15(13)7-9-16(14)18(11)12/h11-18H,2-10H2,1H3,(H2,20,21). The van der Waals surface area contributed by atoms with Crippen LogP contribution in [-0.2, 0) is 4.79 Å². The molecule has 4 saturated carbocycles. The van der Waals surface area contributed by atoms with Crippen molar-refractivity contribution in [1.29, 1.82) is 0 Å². The third-order valence-electron chi connectivity index (χ3n) is 7.98. The van der Waals surface area contributed by atoms with Crippen LogP contribution in [0.1, 0.15) is 64.7 Å². The van der Waals surface area contributed by atoms with Crippen LogP contribution in [0.2, 0.25) is 0 Å². The maximum Gasteiger partial charge on any atom is 0.220 e. The van der Waals surface area contributed by atoms with E-state index in [2.05, 4.69) is 6.92 Å². The Labute approximate surface area is 129 Å². The SMILES string of the molecule is CC1CCCC2CCC3C4CCC(C(N)=O)C4CCC3C12. The summed E-state index contributed by atoms with van der Waals surface area (Å²) in [5.41, 5.74) is 5.66. The molecular weight excluding hydrogens is 258 g/mol. The molecule has 0 radical (unpaired) electrons. The minimum atomic E-state index is -0.0133. The van der Waals surface area contributed by atoms with Gasteiger partial charge in [0.15, 0.2) is 0 Å². The van der Waals surface area contributed by atoms with Crippen molar-refractivity contribution in [2.45, 2.75) is 64.7 Å². The predicted molar refractivity (Wildman–Crippen MR) is 84.3 cm³/mol. The Bertz CT molecular complexity index is 420. The van der Waals surface area contributed by atoms with Crippen molar-refractivity contribution in [1.82, 2.24) is 0 Å². The maximum absolute atomic E-state index is 11.7. The lowest BCUT2D eigenvalue weighted by atomic mass is 9.51. The molecule has 0 spiro atoms. The van der Waals surface area contributed by atoms with Gasteiger partial charge >= 0.3 is 0 Å². The van der Waals surface area contributed by atoms with Crippen LogP contribution in [0.25, 0.3) is 0 Å². The quantitative estimate of drug-likeness (QED) is 0.779. The zero-order chi connectivity index (χ0) is 14.6. The molecule has 0 heterocycles. The van der Waals surface area contributed by atoms with Crippen molar-refractivity contribution in [2.75, 3.05) is 0 Å². The maximum atomic E-state index is 11.7. The molecule has 0 aromatic carbocycles. The molecular formula is C19H31NO. The molecule has 4 aliphatic rings. The summed E-state index contributed by atoms with van der Waals surface area (Å²) in [7, 11) is 0. The zero-order valence-electron chi connectivity index (χ0n) is 13.5. The molecule has 21 heavy (non-hydrogen) atoms. The van der Waals surface area contributed by atoms with Gasteiger partial charge in [-0.05, 0) is 80.0 Å². The van der Waals surface area contributed by atoms with E-state index in [1.54, 1.807) is 0 Å². The van der Waals surface area contributed by atoms with E-state index in [4.69, 9.17) is 5.73 Å². The number of amides is 1. The summed E-state index contributed by atoms with van der Waals surface area (Å²) in [5, 5.41) is 0. The molecule has 8 atom stereocenters. The first-order valence-corrected chi connectivity index (χ1v) is 9.46. The number of hydrogen-bond acceptors (Lipinski definition) is 1. The zero-order valence-corrected chi connectivity index (χ0v) is 13.5. The second-order valence-electron chi connectivity index (χ2n) is 8.64. The van der Waals surface area contributed by atoms with Crippen molar-refractivity contribution < 1.29 is 4.79 Å². The van der Waals surface area contributed by atoms with Crippen molar-refractivity contribution in [3.8, 4) is 0 Å². The first kappa shape index (κ1) is 14.1. The Kier molecular flexibility index (Phi) is 3.54. The van der Waals surface area contributed by atoms with E-state index >= 15 is 0 Å². The van der Waals surface area contributed by atoms with Crippen LogP contribution < -0.4 is 5.73 Å². The molecule has 0 saturated heterocycles. The van der Waals surface area contributed by atoms with Crippen molar-refractivity contribution in [3.63, 3.8) is 0 Å². The molecule has 1 amide bonds. The molecule has 0 aromatic rings. The lowest BCUT2D eigenvalue weighted by Gasteiger charge is -2.54. The van der Waals surface area contributed by atoms with Crippen molar-refractivity contribution in [2.24, 2.45) is 53.1 Å². The fourth-order valence-electron chi connectivity index (χ4n) is 7.29. The lowest BCUT2D eigenvalue weighted by Crippen LogP contribution is -2.47. The van der Waals surface area contributed by atoms with Gasteiger partial charge in [-0.25, -0.2) is 0 Å². The van der Waals surface area contributed by atoms with Crippen LogP contribution in [0.4, 0.5) is 0 Å². The molecule has 2 heteroatoms. The smallest absolute Gasteiger partial charge is 0.220 e. The van der Waals surface area contributed by atoms with Gasteiger partial charge in [0.25, 0.3) is 0 Å². The average Bonchev–Trinajstić information content (AvgIpc) is 2.91. The summed E-state index contributed by atoms with van der Waals surface area (Å²) in [6.07, 6.45) is 12.4. The highest BCUT2D eigenvalue weighted by Gasteiger charge is 2.53. The number of carbonyl (C=O) groups excluding carboxylic acids is 1.